The van der Waals surface area contributed by atoms with E-state index in [0.29, 0.717) is 24.6 Å². The van der Waals surface area contributed by atoms with Gasteiger partial charge in [0.2, 0.25) is 5.91 Å². The van der Waals surface area contributed by atoms with E-state index in [-0.39, 0.29) is 12.5 Å². The van der Waals surface area contributed by atoms with Crippen molar-refractivity contribution in [2.75, 3.05) is 11.9 Å². The van der Waals surface area contributed by atoms with Crippen LogP contribution in [0.5, 0.6) is 0 Å². The van der Waals surface area contributed by atoms with Gasteiger partial charge in [0.25, 0.3) is 5.91 Å². The second-order valence-corrected chi connectivity index (χ2v) is 7.02. The number of nitrogens with one attached hydrogen (secondary N) is 2. The van der Waals surface area contributed by atoms with Crippen LogP contribution in [0.4, 0.5) is 10.6 Å². The highest BCUT2D eigenvalue weighted by atomic mass is 16.2. The second-order valence-electron chi connectivity index (χ2n) is 7.02. The number of hydrogen-bond acceptors (Lipinski definition) is 4. The van der Waals surface area contributed by atoms with Crippen LogP contribution in [0.15, 0.2) is 18.3 Å². The molecule has 1 aromatic heterocycles. The van der Waals surface area contributed by atoms with Gasteiger partial charge in [0.1, 0.15) is 17.9 Å². The Balaban J connectivity index is 1.63. The molecule has 1 aliphatic carbocycles. The molecule has 7 nitrogen and oxygen atoms in total. The van der Waals surface area contributed by atoms with E-state index in [2.05, 4.69) is 22.5 Å². The smallest absolute Gasteiger partial charge is 0.323 e. The Bertz CT molecular complexity index is 678. The van der Waals surface area contributed by atoms with E-state index in [0.717, 1.165) is 29.7 Å². The molecular formula is C18H24N4O3. The molecule has 1 saturated carbocycles. The lowest BCUT2D eigenvalue weighted by Gasteiger charge is -2.34. The third kappa shape index (κ3) is 3.50. The maximum atomic E-state index is 12.8. The van der Waals surface area contributed by atoms with E-state index in [1.165, 1.54) is 0 Å². The van der Waals surface area contributed by atoms with Crippen LogP contribution in [0.25, 0.3) is 0 Å². The second kappa shape index (κ2) is 6.82. The number of carbonyl (C=O) groups is 3. The van der Waals surface area contributed by atoms with Crippen molar-refractivity contribution in [3.63, 3.8) is 0 Å². The zero-order valence-corrected chi connectivity index (χ0v) is 14.7. The summed E-state index contributed by atoms with van der Waals surface area (Å²) in [4.78, 5) is 42.3. The first kappa shape index (κ1) is 17.4. The molecule has 2 heterocycles. The highest BCUT2D eigenvalue weighted by Gasteiger charge is 2.52. The number of nitrogens with zero attached hydrogens (tertiary/aromatic N) is 2. The molecule has 2 fully saturated rings. The SMILES string of the molecule is CCC1CCC2(CC1)NC(=O)N(CC(=O)Nc1ccc(C)cn1)C2=O. The van der Waals surface area contributed by atoms with E-state index in [4.69, 9.17) is 0 Å². The Morgan fingerprint density at radius 3 is 2.68 bits per heavy atom. The monoisotopic (exact) mass is 344 g/mol. The molecule has 1 spiro atoms. The van der Waals surface area contributed by atoms with Gasteiger partial charge in [-0.05, 0) is 50.2 Å². The van der Waals surface area contributed by atoms with E-state index in [9.17, 15) is 14.4 Å². The summed E-state index contributed by atoms with van der Waals surface area (Å²) in [6, 6.07) is 3.04. The number of carbonyl (C=O) groups excluding carboxylic acids is 3. The topological polar surface area (TPSA) is 91.4 Å². The molecule has 3 rings (SSSR count). The molecule has 134 valence electrons. The van der Waals surface area contributed by atoms with Crippen molar-refractivity contribution >= 4 is 23.7 Å². The number of imide groups is 1. The summed E-state index contributed by atoms with van der Waals surface area (Å²) in [6.07, 6.45) is 5.88. The summed E-state index contributed by atoms with van der Waals surface area (Å²) in [5, 5.41) is 5.45. The lowest BCUT2D eigenvalue weighted by molar-refractivity contribution is -0.135. The Labute approximate surface area is 147 Å². The molecular weight excluding hydrogens is 320 g/mol. The van der Waals surface area contributed by atoms with E-state index in [1.54, 1.807) is 12.3 Å². The van der Waals surface area contributed by atoms with Crippen molar-refractivity contribution in [3.05, 3.63) is 23.9 Å². The van der Waals surface area contributed by atoms with Crippen LogP contribution in [0, 0.1) is 12.8 Å². The minimum atomic E-state index is -0.814. The number of amides is 4. The average molecular weight is 344 g/mol. The summed E-state index contributed by atoms with van der Waals surface area (Å²) >= 11 is 0. The van der Waals surface area contributed by atoms with Gasteiger partial charge in [0.05, 0.1) is 0 Å². The average Bonchev–Trinajstić information content (AvgIpc) is 2.82. The van der Waals surface area contributed by atoms with Crippen molar-refractivity contribution < 1.29 is 14.4 Å². The zero-order valence-electron chi connectivity index (χ0n) is 14.7. The number of aryl methyl sites for hydroxylation is 1. The van der Waals surface area contributed by atoms with Crippen LogP contribution in [-0.2, 0) is 9.59 Å². The summed E-state index contributed by atoms with van der Waals surface area (Å²) in [6.45, 7) is 3.76. The lowest BCUT2D eigenvalue weighted by Crippen LogP contribution is -2.49. The van der Waals surface area contributed by atoms with Gasteiger partial charge in [-0.25, -0.2) is 9.78 Å². The van der Waals surface area contributed by atoms with E-state index < -0.39 is 17.5 Å². The summed E-state index contributed by atoms with van der Waals surface area (Å²) in [7, 11) is 0. The maximum Gasteiger partial charge on any atom is 0.325 e. The molecule has 0 atom stereocenters. The number of pyridine rings is 1. The number of urea groups is 1. The Morgan fingerprint density at radius 1 is 1.36 bits per heavy atom. The molecule has 0 radical (unpaired) electrons. The van der Waals surface area contributed by atoms with Crippen LogP contribution in [0.2, 0.25) is 0 Å². The predicted octanol–water partition coefficient (Wildman–Crippen LogP) is 2.22. The first-order valence-electron chi connectivity index (χ1n) is 8.80. The minimum Gasteiger partial charge on any atom is -0.323 e. The van der Waals surface area contributed by atoms with Crippen molar-refractivity contribution in [2.45, 2.75) is 51.5 Å². The molecule has 0 unspecified atom stereocenters. The Morgan fingerprint density at radius 2 is 2.08 bits per heavy atom. The largest absolute Gasteiger partial charge is 0.325 e. The van der Waals surface area contributed by atoms with Gasteiger partial charge >= 0.3 is 6.03 Å². The van der Waals surface area contributed by atoms with Gasteiger partial charge in [0.15, 0.2) is 0 Å². The third-order valence-electron chi connectivity index (χ3n) is 5.26. The quantitative estimate of drug-likeness (QED) is 0.819. The summed E-state index contributed by atoms with van der Waals surface area (Å²) in [5.74, 6) is 0.305. The fourth-order valence-corrected chi connectivity index (χ4v) is 3.61. The standard InChI is InChI=1S/C18H24N4O3/c1-3-13-6-8-18(9-7-13)16(24)22(17(25)21-18)11-15(23)20-14-5-4-12(2)10-19-14/h4-5,10,13H,3,6-9,11H2,1-2H3,(H,21,25)(H,19,20,23). The molecule has 1 aromatic rings. The Kier molecular flexibility index (Phi) is 4.74. The third-order valence-corrected chi connectivity index (χ3v) is 5.26. The fraction of sp³-hybridized carbons (Fsp3) is 0.556. The molecule has 7 heteroatoms. The van der Waals surface area contributed by atoms with Gasteiger partial charge in [-0.2, -0.15) is 0 Å². The van der Waals surface area contributed by atoms with Gasteiger partial charge in [-0.1, -0.05) is 19.4 Å². The molecule has 1 saturated heterocycles. The van der Waals surface area contributed by atoms with Crippen LogP contribution in [0.3, 0.4) is 0 Å². The molecule has 1 aliphatic heterocycles. The first-order chi connectivity index (χ1) is 11.9. The van der Waals surface area contributed by atoms with E-state index in [1.807, 2.05) is 13.0 Å². The molecule has 2 N–H and O–H groups in total. The van der Waals surface area contributed by atoms with Gasteiger partial charge in [-0.15, -0.1) is 0 Å². The molecule has 25 heavy (non-hydrogen) atoms. The van der Waals surface area contributed by atoms with Gasteiger partial charge in [0, 0.05) is 6.20 Å². The molecule has 0 bridgehead atoms. The van der Waals surface area contributed by atoms with Crippen LogP contribution < -0.4 is 10.6 Å². The number of aromatic nitrogens is 1. The predicted molar refractivity (Wildman–Crippen MR) is 92.8 cm³/mol. The maximum absolute atomic E-state index is 12.8. The first-order valence-corrected chi connectivity index (χ1v) is 8.80. The molecule has 4 amide bonds. The number of rotatable bonds is 4. The van der Waals surface area contributed by atoms with E-state index >= 15 is 0 Å². The Hall–Kier alpha value is -2.44. The highest BCUT2D eigenvalue weighted by Crippen LogP contribution is 2.37. The van der Waals surface area contributed by atoms with Crippen molar-refractivity contribution in [3.8, 4) is 0 Å². The zero-order chi connectivity index (χ0) is 18.0. The summed E-state index contributed by atoms with van der Waals surface area (Å²) < 4.78 is 0. The van der Waals surface area contributed by atoms with Crippen molar-refractivity contribution in [1.29, 1.82) is 0 Å². The van der Waals surface area contributed by atoms with Gasteiger partial charge in [-0.3, -0.25) is 14.5 Å². The summed E-state index contributed by atoms with van der Waals surface area (Å²) in [5.41, 5.74) is 0.169. The van der Waals surface area contributed by atoms with Crippen LogP contribution in [-0.4, -0.2) is 39.8 Å². The highest BCUT2D eigenvalue weighted by molar-refractivity contribution is 6.10. The lowest BCUT2D eigenvalue weighted by atomic mass is 9.75. The van der Waals surface area contributed by atoms with Crippen LogP contribution in [0.1, 0.15) is 44.6 Å². The number of anilines is 1. The molecule has 0 aromatic carbocycles. The van der Waals surface area contributed by atoms with Crippen molar-refractivity contribution in [1.82, 2.24) is 15.2 Å². The van der Waals surface area contributed by atoms with Gasteiger partial charge < -0.3 is 10.6 Å². The van der Waals surface area contributed by atoms with Crippen LogP contribution >= 0.6 is 0 Å². The fourth-order valence-electron chi connectivity index (χ4n) is 3.61. The van der Waals surface area contributed by atoms with Crippen molar-refractivity contribution in [2.24, 2.45) is 5.92 Å². The normalized spacial score (nSPS) is 26.0. The molecule has 2 aliphatic rings. The number of hydrogen-bond donors (Lipinski definition) is 2. The minimum absolute atomic E-state index is 0.279.